The molecule has 1 aromatic rings. The Hall–Kier alpha value is -1.96. The van der Waals surface area contributed by atoms with Gasteiger partial charge in [-0.25, -0.2) is 0 Å². The van der Waals surface area contributed by atoms with Crippen molar-refractivity contribution in [3.05, 3.63) is 38.3 Å². The van der Waals surface area contributed by atoms with Crippen LogP contribution in [0.1, 0.15) is 23.2 Å². The molecule has 2 rings (SSSR count). The fourth-order valence-corrected chi connectivity index (χ4v) is 2.58. The predicted molar refractivity (Wildman–Crippen MR) is 78.9 cm³/mol. The van der Waals surface area contributed by atoms with Crippen LogP contribution in [-0.4, -0.2) is 41.3 Å². The van der Waals surface area contributed by atoms with Crippen molar-refractivity contribution >= 4 is 33.4 Å². The Kier molecular flexibility index (Phi) is 4.56. The number of nitro groups is 1. The van der Waals surface area contributed by atoms with Crippen LogP contribution in [0.2, 0.25) is 0 Å². The molecule has 21 heavy (non-hydrogen) atoms. The Morgan fingerprint density at radius 1 is 1.52 bits per heavy atom. The van der Waals surface area contributed by atoms with Crippen molar-refractivity contribution in [3.8, 4) is 0 Å². The van der Waals surface area contributed by atoms with E-state index in [4.69, 9.17) is 0 Å². The molecule has 0 bridgehead atoms. The van der Waals surface area contributed by atoms with Crippen LogP contribution in [0.15, 0.2) is 22.7 Å². The monoisotopic (exact) mass is 355 g/mol. The summed E-state index contributed by atoms with van der Waals surface area (Å²) in [6, 6.07) is 4.09. The Bertz CT molecular complexity index is 605. The van der Waals surface area contributed by atoms with Crippen LogP contribution in [0.5, 0.6) is 0 Å². The normalized spacial score (nSPS) is 18.5. The molecular weight excluding hydrogens is 342 g/mol. The number of carbonyl (C=O) groups is 2. The average molecular weight is 356 g/mol. The summed E-state index contributed by atoms with van der Waals surface area (Å²) in [7, 11) is 1.69. The molecule has 7 nitrogen and oxygen atoms in total. The third-order valence-electron chi connectivity index (χ3n) is 3.37. The van der Waals surface area contributed by atoms with Crippen molar-refractivity contribution in [1.29, 1.82) is 0 Å². The number of amides is 2. The second-order valence-electron chi connectivity index (χ2n) is 4.91. The number of nitro benzene ring substituents is 1. The highest BCUT2D eigenvalue weighted by Crippen LogP contribution is 2.25. The second kappa shape index (κ2) is 6.21. The highest BCUT2D eigenvalue weighted by Gasteiger charge is 2.25. The standard InChI is InChI=1S/C13H14BrN3O4/c1-16-7-9(3-5-12(16)18)15-13(19)8-2-4-10(14)11(6-8)17(20)21/h2,4,6,9H,3,5,7H2,1H3,(H,15,19). The zero-order valence-corrected chi connectivity index (χ0v) is 12.9. The van der Waals surface area contributed by atoms with E-state index in [-0.39, 0.29) is 29.1 Å². The molecule has 0 aromatic heterocycles. The summed E-state index contributed by atoms with van der Waals surface area (Å²) in [5.74, 6) is -0.321. The molecule has 1 heterocycles. The molecule has 0 saturated carbocycles. The minimum absolute atomic E-state index is 0.0554. The Balaban J connectivity index is 2.09. The van der Waals surface area contributed by atoms with Gasteiger partial charge in [0.15, 0.2) is 0 Å². The third-order valence-corrected chi connectivity index (χ3v) is 4.04. The van der Waals surface area contributed by atoms with E-state index in [0.29, 0.717) is 23.9 Å². The predicted octanol–water partition coefficient (Wildman–Crippen LogP) is 1.71. The van der Waals surface area contributed by atoms with Crippen LogP contribution < -0.4 is 5.32 Å². The SMILES string of the molecule is CN1CC(NC(=O)c2ccc(Br)c([N+](=O)[O-])c2)CCC1=O. The van der Waals surface area contributed by atoms with Crippen molar-refractivity contribution in [1.82, 2.24) is 10.2 Å². The lowest BCUT2D eigenvalue weighted by Crippen LogP contribution is -2.48. The molecule has 1 unspecified atom stereocenters. The fourth-order valence-electron chi connectivity index (χ4n) is 2.19. The highest BCUT2D eigenvalue weighted by molar-refractivity contribution is 9.10. The van der Waals surface area contributed by atoms with Crippen LogP contribution in [0.4, 0.5) is 5.69 Å². The van der Waals surface area contributed by atoms with Crippen molar-refractivity contribution < 1.29 is 14.5 Å². The van der Waals surface area contributed by atoms with E-state index in [2.05, 4.69) is 21.2 Å². The van der Waals surface area contributed by atoms with Gasteiger partial charge in [0, 0.05) is 37.7 Å². The molecule has 0 radical (unpaired) electrons. The van der Waals surface area contributed by atoms with Crippen LogP contribution in [0.25, 0.3) is 0 Å². The van der Waals surface area contributed by atoms with Crippen LogP contribution in [0, 0.1) is 10.1 Å². The van der Waals surface area contributed by atoms with Gasteiger partial charge in [0.2, 0.25) is 5.91 Å². The maximum Gasteiger partial charge on any atom is 0.284 e. The van der Waals surface area contributed by atoms with E-state index in [9.17, 15) is 19.7 Å². The number of nitrogens with one attached hydrogen (secondary N) is 1. The van der Waals surface area contributed by atoms with Gasteiger partial charge < -0.3 is 10.2 Å². The summed E-state index contributed by atoms with van der Waals surface area (Å²) in [4.78, 5) is 35.4. The van der Waals surface area contributed by atoms with Crippen LogP contribution in [0.3, 0.4) is 0 Å². The lowest BCUT2D eigenvalue weighted by atomic mass is 10.0. The first-order valence-electron chi connectivity index (χ1n) is 6.37. The average Bonchev–Trinajstić information content (AvgIpc) is 2.43. The number of rotatable bonds is 3. The quantitative estimate of drug-likeness (QED) is 0.659. The first-order chi connectivity index (χ1) is 9.88. The van der Waals surface area contributed by atoms with Gasteiger partial charge in [0.25, 0.3) is 11.6 Å². The van der Waals surface area contributed by atoms with Crippen LogP contribution >= 0.6 is 15.9 Å². The number of nitrogens with zero attached hydrogens (tertiary/aromatic N) is 2. The maximum absolute atomic E-state index is 12.1. The molecule has 1 atom stereocenters. The van der Waals surface area contributed by atoms with Crippen LogP contribution in [-0.2, 0) is 4.79 Å². The van der Waals surface area contributed by atoms with E-state index in [1.54, 1.807) is 11.9 Å². The first kappa shape index (κ1) is 15.4. The lowest BCUT2D eigenvalue weighted by Gasteiger charge is -2.30. The topological polar surface area (TPSA) is 92.6 Å². The van der Waals surface area contributed by atoms with E-state index in [1.807, 2.05) is 0 Å². The summed E-state index contributed by atoms with van der Waals surface area (Å²) in [6.07, 6.45) is 0.968. The maximum atomic E-state index is 12.1. The largest absolute Gasteiger partial charge is 0.348 e. The van der Waals surface area contributed by atoms with Gasteiger partial charge >= 0.3 is 0 Å². The summed E-state index contributed by atoms with van der Waals surface area (Å²) < 4.78 is 0.326. The molecule has 0 aliphatic carbocycles. The van der Waals surface area contributed by atoms with Gasteiger partial charge in [-0.3, -0.25) is 19.7 Å². The lowest BCUT2D eigenvalue weighted by molar-refractivity contribution is -0.385. The number of halogens is 1. The molecule has 1 N–H and O–H groups in total. The molecule has 112 valence electrons. The van der Waals surface area contributed by atoms with Gasteiger partial charge in [-0.2, -0.15) is 0 Å². The second-order valence-corrected chi connectivity index (χ2v) is 5.76. The number of likely N-dealkylation sites (N-methyl/N-ethyl adjacent to an activating group) is 1. The molecule has 1 aromatic carbocycles. The van der Waals surface area contributed by atoms with E-state index in [1.165, 1.54) is 18.2 Å². The summed E-state index contributed by atoms with van der Waals surface area (Å²) >= 11 is 3.08. The van der Waals surface area contributed by atoms with Crippen molar-refractivity contribution in [3.63, 3.8) is 0 Å². The number of piperidine rings is 1. The molecule has 1 saturated heterocycles. The summed E-state index contributed by atoms with van der Waals surface area (Å²) in [5, 5.41) is 13.7. The number of carbonyl (C=O) groups excluding carboxylic acids is 2. The molecule has 1 aliphatic heterocycles. The molecular formula is C13H14BrN3O4. The first-order valence-corrected chi connectivity index (χ1v) is 7.16. The van der Waals surface area contributed by atoms with Crippen molar-refractivity contribution in [2.75, 3.05) is 13.6 Å². The Labute approximate surface area is 129 Å². The summed E-state index contributed by atoms with van der Waals surface area (Å²) in [5.41, 5.74) is 0.0723. The third kappa shape index (κ3) is 3.57. The minimum atomic E-state index is -0.548. The molecule has 1 aliphatic rings. The van der Waals surface area contributed by atoms with Gasteiger partial charge in [-0.05, 0) is 34.5 Å². The molecule has 1 fully saturated rings. The zero-order chi connectivity index (χ0) is 15.6. The highest BCUT2D eigenvalue weighted by atomic mass is 79.9. The van der Waals surface area contributed by atoms with E-state index < -0.39 is 4.92 Å². The van der Waals surface area contributed by atoms with Crippen molar-refractivity contribution in [2.24, 2.45) is 0 Å². The van der Waals surface area contributed by atoms with E-state index in [0.717, 1.165) is 0 Å². The van der Waals surface area contributed by atoms with Crippen molar-refractivity contribution in [2.45, 2.75) is 18.9 Å². The number of hydrogen-bond donors (Lipinski definition) is 1. The van der Waals surface area contributed by atoms with E-state index >= 15 is 0 Å². The fraction of sp³-hybridized carbons (Fsp3) is 0.385. The smallest absolute Gasteiger partial charge is 0.284 e. The molecule has 0 spiro atoms. The van der Waals surface area contributed by atoms with Gasteiger partial charge in [-0.15, -0.1) is 0 Å². The molecule has 2 amide bonds. The molecule has 8 heteroatoms. The zero-order valence-electron chi connectivity index (χ0n) is 11.3. The van der Waals surface area contributed by atoms with Gasteiger partial charge in [0.1, 0.15) is 0 Å². The minimum Gasteiger partial charge on any atom is -0.348 e. The summed E-state index contributed by atoms with van der Waals surface area (Å²) in [6.45, 7) is 0.448. The number of hydrogen-bond acceptors (Lipinski definition) is 4. The Morgan fingerprint density at radius 3 is 2.86 bits per heavy atom. The Morgan fingerprint density at radius 2 is 2.24 bits per heavy atom. The van der Waals surface area contributed by atoms with Gasteiger partial charge in [-0.1, -0.05) is 0 Å². The number of likely N-dealkylation sites (tertiary alicyclic amines) is 1. The number of benzene rings is 1. The van der Waals surface area contributed by atoms with Gasteiger partial charge in [0.05, 0.1) is 9.40 Å².